The molecule has 6 nitrogen and oxygen atoms in total. The van der Waals surface area contributed by atoms with Crippen LogP contribution in [0.25, 0.3) is 6.08 Å². The Hall–Kier alpha value is -2.99. The number of benzene rings is 2. The molecule has 0 atom stereocenters. The van der Waals surface area contributed by atoms with E-state index in [9.17, 15) is 14.9 Å². The van der Waals surface area contributed by atoms with Crippen LogP contribution in [0.1, 0.15) is 25.3 Å². The molecule has 1 aliphatic rings. The summed E-state index contributed by atoms with van der Waals surface area (Å²) < 4.78 is 0. The van der Waals surface area contributed by atoms with Crippen LogP contribution in [-0.2, 0) is 4.79 Å². The standard InChI is InChI=1S/C19H16ClN3O3/c1-2-4-18-17(12-13-5-3-6-14(20)11-13)19(24)22(21-18)15-7-9-16(10-8-15)23(25)26/h3,5-12H,2,4H2,1H3/b17-12-. The van der Waals surface area contributed by atoms with Gasteiger partial charge in [-0.3, -0.25) is 14.9 Å². The van der Waals surface area contributed by atoms with Crippen LogP contribution in [0.4, 0.5) is 11.4 Å². The minimum atomic E-state index is -0.480. The average Bonchev–Trinajstić information content (AvgIpc) is 2.92. The molecule has 2 aromatic rings. The zero-order valence-electron chi connectivity index (χ0n) is 14.1. The van der Waals surface area contributed by atoms with Gasteiger partial charge in [0.1, 0.15) is 0 Å². The average molecular weight is 370 g/mol. The Labute approximate surface area is 155 Å². The molecule has 0 aliphatic carbocycles. The van der Waals surface area contributed by atoms with Gasteiger partial charge in [0.15, 0.2) is 0 Å². The maximum absolute atomic E-state index is 12.9. The minimum absolute atomic E-state index is 0.0344. The van der Waals surface area contributed by atoms with Crippen molar-refractivity contribution in [3.8, 4) is 0 Å². The number of rotatable bonds is 5. The third kappa shape index (κ3) is 3.65. The third-order valence-corrected chi connectivity index (χ3v) is 4.14. The molecule has 26 heavy (non-hydrogen) atoms. The highest BCUT2D eigenvalue weighted by Gasteiger charge is 2.30. The van der Waals surface area contributed by atoms with Crippen molar-refractivity contribution < 1.29 is 9.72 Å². The highest BCUT2D eigenvalue weighted by atomic mass is 35.5. The number of halogens is 1. The lowest BCUT2D eigenvalue weighted by Gasteiger charge is -2.11. The predicted molar refractivity (Wildman–Crippen MR) is 102 cm³/mol. The SMILES string of the molecule is CCCC1=NN(c2ccc([N+](=O)[O-])cc2)C(=O)/C1=C\c1cccc(Cl)c1. The van der Waals surface area contributed by atoms with Crippen LogP contribution in [0.2, 0.25) is 5.02 Å². The normalized spacial score (nSPS) is 15.5. The fraction of sp³-hybridized carbons (Fsp3) is 0.158. The number of nitro groups is 1. The first kappa shape index (κ1) is 17.8. The number of hydrogen-bond acceptors (Lipinski definition) is 4. The highest BCUT2D eigenvalue weighted by Crippen LogP contribution is 2.28. The first-order valence-corrected chi connectivity index (χ1v) is 8.51. The van der Waals surface area contributed by atoms with Crippen molar-refractivity contribution in [2.45, 2.75) is 19.8 Å². The van der Waals surface area contributed by atoms with Crippen LogP contribution in [0.15, 0.2) is 59.2 Å². The molecule has 0 radical (unpaired) electrons. The van der Waals surface area contributed by atoms with Gasteiger partial charge in [0, 0.05) is 17.2 Å². The number of hydrazone groups is 1. The number of carbonyl (C=O) groups is 1. The lowest BCUT2D eigenvalue weighted by molar-refractivity contribution is -0.384. The summed E-state index contributed by atoms with van der Waals surface area (Å²) in [5.74, 6) is -0.262. The van der Waals surface area contributed by atoms with E-state index in [1.165, 1.54) is 29.3 Å². The van der Waals surface area contributed by atoms with Crippen LogP contribution in [0, 0.1) is 10.1 Å². The van der Waals surface area contributed by atoms with E-state index in [1.807, 2.05) is 19.1 Å². The molecule has 0 spiro atoms. The van der Waals surface area contributed by atoms with Crippen LogP contribution >= 0.6 is 11.6 Å². The zero-order chi connectivity index (χ0) is 18.7. The Morgan fingerprint density at radius 3 is 2.58 bits per heavy atom. The molecule has 0 bridgehead atoms. The van der Waals surface area contributed by atoms with Gasteiger partial charge in [0.2, 0.25) is 0 Å². The van der Waals surface area contributed by atoms with Crippen LogP contribution < -0.4 is 5.01 Å². The van der Waals surface area contributed by atoms with Crippen molar-refractivity contribution >= 4 is 40.7 Å². The molecule has 0 aromatic heterocycles. The van der Waals surface area contributed by atoms with Gasteiger partial charge in [-0.05, 0) is 42.3 Å². The number of non-ortho nitro benzene ring substituents is 1. The van der Waals surface area contributed by atoms with Crippen molar-refractivity contribution in [2.75, 3.05) is 5.01 Å². The summed E-state index contributed by atoms with van der Waals surface area (Å²) >= 11 is 6.02. The number of anilines is 1. The third-order valence-electron chi connectivity index (χ3n) is 3.91. The summed E-state index contributed by atoms with van der Waals surface area (Å²) in [6.45, 7) is 2.01. The van der Waals surface area contributed by atoms with Crippen molar-refractivity contribution in [1.29, 1.82) is 0 Å². The molecule has 0 fully saturated rings. The molecule has 0 saturated carbocycles. The number of amides is 1. The van der Waals surface area contributed by atoms with Crippen LogP contribution in [0.3, 0.4) is 0 Å². The van der Waals surface area contributed by atoms with Gasteiger partial charge in [0.25, 0.3) is 11.6 Å². The summed E-state index contributed by atoms with van der Waals surface area (Å²) in [6, 6.07) is 13.0. The second-order valence-corrected chi connectivity index (χ2v) is 6.24. The maximum atomic E-state index is 12.9. The van der Waals surface area contributed by atoms with E-state index >= 15 is 0 Å². The fourth-order valence-corrected chi connectivity index (χ4v) is 2.88. The Morgan fingerprint density at radius 1 is 1.23 bits per heavy atom. The summed E-state index contributed by atoms with van der Waals surface area (Å²) in [6.07, 6.45) is 3.27. The highest BCUT2D eigenvalue weighted by molar-refractivity contribution is 6.33. The molecular weight excluding hydrogens is 354 g/mol. The molecule has 0 saturated heterocycles. The monoisotopic (exact) mass is 369 g/mol. The molecule has 0 unspecified atom stereocenters. The molecule has 1 amide bonds. The van der Waals surface area contributed by atoms with E-state index in [1.54, 1.807) is 18.2 Å². The van der Waals surface area contributed by atoms with Gasteiger partial charge in [-0.25, -0.2) is 0 Å². The minimum Gasteiger partial charge on any atom is -0.267 e. The van der Waals surface area contributed by atoms with Crippen molar-refractivity contribution in [3.63, 3.8) is 0 Å². The van der Waals surface area contributed by atoms with E-state index in [2.05, 4.69) is 5.10 Å². The lowest BCUT2D eigenvalue weighted by Crippen LogP contribution is -2.21. The maximum Gasteiger partial charge on any atom is 0.280 e. The molecule has 7 heteroatoms. The largest absolute Gasteiger partial charge is 0.280 e. The number of hydrogen-bond donors (Lipinski definition) is 0. The van der Waals surface area contributed by atoms with Crippen molar-refractivity contribution in [2.24, 2.45) is 5.10 Å². The van der Waals surface area contributed by atoms with E-state index in [4.69, 9.17) is 11.6 Å². The van der Waals surface area contributed by atoms with Gasteiger partial charge in [0.05, 0.1) is 21.9 Å². The van der Waals surface area contributed by atoms with E-state index in [0.717, 1.165) is 12.0 Å². The molecule has 132 valence electrons. The fourth-order valence-electron chi connectivity index (χ4n) is 2.68. The summed E-state index contributed by atoms with van der Waals surface area (Å²) in [4.78, 5) is 23.2. The van der Waals surface area contributed by atoms with E-state index in [0.29, 0.717) is 28.4 Å². The second-order valence-electron chi connectivity index (χ2n) is 5.80. The quantitative estimate of drug-likeness (QED) is 0.430. The van der Waals surface area contributed by atoms with Crippen molar-refractivity contribution in [3.05, 3.63) is 74.8 Å². The topological polar surface area (TPSA) is 75.8 Å². The predicted octanol–water partition coefficient (Wildman–Crippen LogP) is 4.83. The molecule has 3 rings (SSSR count). The first-order chi connectivity index (χ1) is 12.5. The molecular formula is C19H16ClN3O3. The summed E-state index contributed by atoms with van der Waals surface area (Å²) in [7, 11) is 0. The van der Waals surface area contributed by atoms with Gasteiger partial charge >= 0.3 is 0 Å². The zero-order valence-corrected chi connectivity index (χ0v) is 14.8. The Morgan fingerprint density at radius 2 is 1.96 bits per heavy atom. The van der Waals surface area contributed by atoms with Crippen molar-refractivity contribution in [1.82, 2.24) is 0 Å². The van der Waals surface area contributed by atoms with Gasteiger partial charge in [-0.2, -0.15) is 10.1 Å². The first-order valence-electron chi connectivity index (χ1n) is 8.13. The van der Waals surface area contributed by atoms with Crippen LogP contribution in [0.5, 0.6) is 0 Å². The van der Waals surface area contributed by atoms with Gasteiger partial charge in [-0.15, -0.1) is 0 Å². The van der Waals surface area contributed by atoms with Gasteiger partial charge < -0.3 is 0 Å². The second kappa shape index (κ2) is 7.49. The van der Waals surface area contributed by atoms with E-state index < -0.39 is 4.92 Å². The number of nitrogens with zero attached hydrogens (tertiary/aromatic N) is 3. The van der Waals surface area contributed by atoms with E-state index in [-0.39, 0.29) is 11.6 Å². The lowest BCUT2D eigenvalue weighted by atomic mass is 10.0. The molecule has 1 aliphatic heterocycles. The number of carbonyl (C=O) groups excluding carboxylic acids is 1. The summed E-state index contributed by atoms with van der Waals surface area (Å²) in [5.41, 5.74) is 2.47. The Bertz CT molecular complexity index is 920. The molecule has 1 heterocycles. The summed E-state index contributed by atoms with van der Waals surface area (Å²) in [5, 5.41) is 17.1. The Balaban J connectivity index is 1.96. The Kier molecular flexibility index (Phi) is 5.14. The number of nitro benzene ring substituents is 1. The molecule has 0 N–H and O–H groups in total. The smallest absolute Gasteiger partial charge is 0.267 e. The molecule has 2 aromatic carbocycles. The van der Waals surface area contributed by atoms with Crippen LogP contribution in [-0.4, -0.2) is 16.5 Å². The van der Waals surface area contributed by atoms with Gasteiger partial charge in [-0.1, -0.05) is 37.1 Å².